The van der Waals surface area contributed by atoms with Gasteiger partial charge < -0.3 is 20.4 Å². The SMILES string of the molecule is CCC[C@H](NC(=O)[C@@H]1C[C@]2(CC(c3cccc(Cl)c3)=NO2)CN1C(=O)[C@@H](NC(=O)C1C[C@@H]1F)C(C)(C)C)C(=O)C(=O)CC1CC1. The normalized spacial score (nSPS) is 26.9. The molecular formula is C33H42ClFN4O6. The Morgan fingerprint density at radius 3 is 2.47 bits per heavy atom. The summed E-state index contributed by atoms with van der Waals surface area (Å²) in [6, 6.07) is 3.98. The van der Waals surface area contributed by atoms with Crippen molar-refractivity contribution in [2.75, 3.05) is 6.54 Å². The van der Waals surface area contributed by atoms with E-state index < -0.39 is 70.5 Å². The highest BCUT2D eigenvalue weighted by atomic mass is 35.5. The molecule has 0 radical (unpaired) electrons. The second-order valence-corrected chi connectivity index (χ2v) is 14.6. The van der Waals surface area contributed by atoms with Crippen molar-refractivity contribution in [1.82, 2.24) is 15.5 Å². The number of carbonyl (C=O) groups excluding carboxylic acids is 5. The molecule has 0 aromatic heterocycles. The Bertz CT molecular complexity index is 1410. The minimum Gasteiger partial charge on any atom is -0.387 e. The summed E-state index contributed by atoms with van der Waals surface area (Å²) in [6.45, 7) is 7.19. The molecule has 2 aliphatic carbocycles. The van der Waals surface area contributed by atoms with Crippen LogP contribution in [0.25, 0.3) is 0 Å². The monoisotopic (exact) mass is 644 g/mol. The molecule has 3 fully saturated rings. The number of alkyl halides is 1. The summed E-state index contributed by atoms with van der Waals surface area (Å²) < 4.78 is 13.7. The fourth-order valence-electron chi connectivity index (χ4n) is 6.16. The van der Waals surface area contributed by atoms with Crippen molar-refractivity contribution in [2.45, 2.75) is 109 Å². The molecule has 2 aliphatic heterocycles. The predicted molar refractivity (Wildman–Crippen MR) is 165 cm³/mol. The van der Waals surface area contributed by atoms with Gasteiger partial charge in [-0.3, -0.25) is 24.0 Å². The number of Topliss-reactive ketones (excluding diaryl/α,β-unsaturated/α-hetero) is 2. The molecule has 2 saturated carbocycles. The molecule has 4 aliphatic rings. The van der Waals surface area contributed by atoms with Crippen LogP contribution in [0.1, 0.15) is 84.6 Å². The summed E-state index contributed by atoms with van der Waals surface area (Å²) in [4.78, 5) is 74.2. The van der Waals surface area contributed by atoms with Crippen molar-refractivity contribution < 1.29 is 33.2 Å². The summed E-state index contributed by atoms with van der Waals surface area (Å²) in [5, 5.41) is 10.3. The second-order valence-electron chi connectivity index (χ2n) is 14.1. The number of ketones is 2. The van der Waals surface area contributed by atoms with Gasteiger partial charge in [-0.1, -0.05) is 63.0 Å². The van der Waals surface area contributed by atoms with Crippen LogP contribution in [0.15, 0.2) is 29.4 Å². The van der Waals surface area contributed by atoms with E-state index >= 15 is 0 Å². The van der Waals surface area contributed by atoms with Gasteiger partial charge in [0.25, 0.3) is 0 Å². The number of likely N-dealkylation sites (tertiary alicyclic amines) is 1. The average Bonchev–Trinajstić information content (AvgIpc) is 3.87. The van der Waals surface area contributed by atoms with Gasteiger partial charge in [-0.05, 0) is 49.1 Å². The van der Waals surface area contributed by atoms with Crippen molar-refractivity contribution in [3.8, 4) is 0 Å². The molecule has 12 heteroatoms. The molecule has 2 N–H and O–H groups in total. The van der Waals surface area contributed by atoms with E-state index in [9.17, 15) is 28.4 Å². The summed E-state index contributed by atoms with van der Waals surface area (Å²) in [7, 11) is 0. The number of nitrogens with one attached hydrogen (secondary N) is 2. The molecule has 45 heavy (non-hydrogen) atoms. The molecule has 10 nitrogen and oxygen atoms in total. The minimum atomic E-state index is -1.24. The quantitative estimate of drug-likeness (QED) is 0.332. The van der Waals surface area contributed by atoms with E-state index in [1.54, 1.807) is 39.0 Å². The fourth-order valence-corrected chi connectivity index (χ4v) is 6.35. The number of nitrogens with zero attached hydrogens (tertiary/aromatic N) is 2. The van der Waals surface area contributed by atoms with Gasteiger partial charge in [0.15, 0.2) is 5.60 Å². The first-order valence-corrected chi connectivity index (χ1v) is 16.2. The van der Waals surface area contributed by atoms with Crippen molar-refractivity contribution >= 4 is 46.6 Å². The minimum absolute atomic E-state index is 0.0118. The lowest BCUT2D eigenvalue weighted by atomic mass is 9.85. The highest BCUT2D eigenvalue weighted by Crippen LogP contribution is 2.41. The van der Waals surface area contributed by atoms with Crippen LogP contribution < -0.4 is 10.6 Å². The average molecular weight is 645 g/mol. The molecule has 1 aromatic carbocycles. The van der Waals surface area contributed by atoms with E-state index in [0.717, 1.165) is 18.4 Å². The van der Waals surface area contributed by atoms with Crippen LogP contribution in [-0.4, -0.2) is 76.3 Å². The first-order chi connectivity index (χ1) is 21.2. The maximum absolute atomic E-state index is 14.3. The largest absolute Gasteiger partial charge is 0.387 e. The number of hydrogen-bond acceptors (Lipinski definition) is 7. The van der Waals surface area contributed by atoms with Crippen LogP contribution in [-0.2, 0) is 28.8 Å². The molecule has 6 atom stereocenters. The zero-order valence-corrected chi connectivity index (χ0v) is 27.0. The van der Waals surface area contributed by atoms with Gasteiger partial charge in [-0.15, -0.1) is 0 Å². The highest BCUT2D eigenvalue weighted by Gasteiger charge is 2.56. The molecule has 244 valence electrons. The fraction of sp³-hybridized carbons (Fsp3) is 0.636. The summed E-state index contributed by atoms with van der Waals surface area (Å²) in [6.07, 6.45) is 2.08. The number of hydrogen-bond donors (Lipinski definition) is 2. The van der Waals surface area contributed by atoms with Crippen molar-refractivity contribution in [2.24, 2.45) is 22.4 Å². The summed E-state index contributed by atoms with van der Waals surface area (Å²) in [5.41, 5.74) is -0.468. The van der Waals surface area contributed by atoms with Crippen LogP contribution in [0.5, 0.6) is 0 Å². The third-order valence-electron chi connectivity index (χ3n) is 9.09. The number of rotatable bonds is 12. The maximum atomic E-state index is 14.3. The zero-order chi connectivity index (χ0) is 32.7. The first-order valence-electron chi connectivity index (χ1n) is 15.8. The number of benzene rings is 1. The Morgan fingerprint density at radius 2 is 1.87 bits per heavy atom. The van der Waals surface area contributed by atoms with E-state index in [-0.39, 0.29) is 44.6 Å². The standard InChI is InChI=1S/C33H42ClFN4O6/c1-5-7-23(27(41)26(40)12-18-10-11-18)36-30(43)25-16-33(15-24(38-45-33)19-8-6-9-20(34)13-19)17-39(25)31(44)28(32(2,3)4)37-29(42)21-14-22(21)35/h6,8-9,13,18,21-23,25,28H,5,7,10-12,14-17H2,1-4H3,(H,36,43)(H,37,42)/t21?,22-,23-,25-,28+,33+/m0/s1. The molecule has 1 unspecified atom stereocenters. The molecule has 2 heterocycles. The highest BCUT2D eigenvalue weighted by molar-refractivity contribution is 6.39. The van der Waals surface area contributed by atoms with Crippen LogP contribution in [0.4, 0.5) is 4.39 Å². The number of halogens is 2. The van der Waals surface area contributed by atoms with Gasteiger partial charge in [-0.25, -0.2) is 4.39 Å². The summed E-state index contributed by atoms with van der Waals surface area (Å²) in [5.74, 6) is -3.35. The molecule has 0 bridgehead atoms. The van der Waals surface area contributed by atoms with Gasteiger partial charge in [0.2, 0.25) is 29.3 Å². The van der Waals surface area contributed by atoms with Gasteiger partial charge in [-0.2, -0.15) is 0 Å². The topological polar surface area (TPSA) is 134 Å². The second kappa shape index (κ2) is 12.8. The van der Waals surface area contributed by atoms with E-state index in [0.29, 0.717) is 17.2 Å². The lowest BCUT2D eigenvalue weighted by Gasteiger charge is -2.35. The van der Waals surface area contributed by atoms with E-state index in [4.69, 9.17) is 16.4 Å². The molecule has 5 rings (SSSR count). The molecule has 1 spiro atoms. The molecule has 3 amide bonds. The molecule has 1 saturated heterocycles. The summed E-state index contributed by atoms with van der Waals surface area (Å²) >= 11 is 6.20. The smallest absolute Gasteiger partial charge is 0.246 e. The third kappa shape index (κ3) is 7.56. The van der Waals surface area contributed by atoms with E-state index in [1.807, 2.05) is 13.0 Å². The van der Waals surface area contributed by atoms with Gasteiger partial charge in [0.1, 0.15) is 18.3 Å². The van der Waals surface area contributed by atoms with E-state index in [1.165, 1.54) is 4.90 Å². The van der Waals surface area contributed by atoms with Crippen LogP contribution in [0, 0.1) is 17.3 Å². The number of carbonyl (C=O) groups is 5. The predicted octanol–water partition coefficient (Wildman–Crippen LogP) is 3.92. The molecular weight excluding hydrogens is 603 g/mol. The maximum Gasteiger partial charge on any atom is 0.246 e. The van der Waals surface area contributed by atoms with Crippen molar-refractivity contribution in [3.63, 3.8) is 0 Å². The van der Waals surface area contributed by atoms with E-state index in [2.05, 4.69) is 15.8 Å². The lowest BCUT2D eigenvalue weighted by molar-refractivity contribution is -0.145. The zero-order valence-electron chi connectivity index (χ0n) is 26.2. The van der Waals surface area contributed by atoms with Crippen LogP contribution in [0.3, 0.4) is 0 Å². The van der Waals surface area contributed by atoms with Crippen molar-refractivity contribution in [1.29, 1.82) is 0 Å². The first kappa shape index (κ1) is 33.0. The Hall–Kier alpha value is -3.34. The third-order valence-corrected chi connectivity index (χ3v) is 9.32. The Morgan fingerprint density at radius 1 is 1.16 bits per heavy atom. The van der Waals surface area contributed by atoms with Crippen LogP contribution >= 0.6 is 11.6 Å². The van der Waals surface area contributed by atoms with Crippen molar-refractivity contribution in [3.05, 3.63) is 34.9 Å². The Labute approximate surface area is 267 Å². The number of oxime groups is 1. The Kier molecular flexibility index (Phi) is 9.40. The Balaban J connectivity index is 1.40. The molecule has 1 aromatic rings. The van der Waals surface area contributed by atoms with Crippen LogP contribution in [0.2, 0.25) is 5.02 Å². The van der Waals surface area contributed by atoms with Gasteiger partial charge in [0, 0.05) is 29.8 Å². The van der Waals surface area contributed by atoms with Gasteiger partial charge in [0.05, 0.1) is 24.2 Å². The van der Waals surface area contributed by atoms with Gasteiger partial charge >= 0.3 is 0 Å². The number of amides is 3. The lowest BCUT2D eigenvalue weighted by Crippen LogP contribution is -2.59.